The van der Waals surface area contributed by atoms with E-state index in [2.05, 4.69) is 5.32 Å². The molecule has 1 atom stereocenters. The smallest absolute Gasteiger partial charge is 0.231 e. The van der Waals surface area contributed by atoms with Crippen molar-refractivity contribution in [3.05, 3.63) is 69.5 Å². The highest BCUT2D eigenvalue weighted by Gasteiger charge is 2.51. The average molecular weight is 352 g/mol. The minimum atomic E-state index is -0.545. The lowest BCUT2D eigenvalue weighted by Gasteiger charge is -2.21. The largest absolute Gasteiger partial charge is 0.349 e. The number of hydrogen-bond donors (Lipinski definition) is 1. The van der Waals surface area contributed by atoms with E-state index in [1.807, 2.05) is 30.3 Å². The highest BCUT2D eigenvalue weighted by atomic mass is 35.5. The molecule has 23 heavy (non-hydrogen) atoms. The molecule has 1 aliphatic rings. The van der Waals surface area contributed by atoms with E-state index >= 15 is 0 Å². The molecule has 1 unspecified atom stereocenters. The first kappa shape index (κ1) is 16.3. The van der Waals surface area contributed by atoms with Crippen LogP contribution in [0.1, 0.15) is 36.9 Å². The molecule has 1 amide bonds. The molecular weight excluding hydrogens is 336 g/mol. The van der Waals surface area contributed by atoms with Gasteiger partial charge in [-0.2, -0.15) is 0 Å². The van der Waals surface area contributed by atoms with Crippen molar-refractivity contribution in [1.29, 1.82) is 0 Å². The summed E-state index contributed by atoms with van der Waals surface area (Å²) in [6.45, 7) is 1.79. The average Bonchev–Trinajstić information content (AvgIpc) is 3.33. The molecule has 0 heterocycles. The van der Waals surface area contributed by atoms with Crippen molar-refractivity contribution in [2.45, 2.75) is 31.2 Å². The Balaban J connectivity index is 1.80. The predicted molar refractivity (Wildman–Crippen MR) is 90.3 cm³/mol. The Morgan fingerprint density at radius 2 is 1.83 bits per heavy atom. The highest BCUT2D eigenvalue weighted by molar-refractivity contribution is 6.35. The van der Waals surface area contributed by atoms with Gasteiger partial charge in [-0.3, -0.25) is 4.79 Å². The topological polar surface area (TPSA) is 29.1 Å². The molecular formula is C18H16Cl2FNO. The number of rotatable bonds is 4. The van der Waals surface area contributed by atoms with Crippen molar-refractivity contribution in [1.82, 2.24) is 5.32 Å². The fourth-order valence-electron chi connectivity index (χ4n) is 2.81. The van der Waals surface area contributed by atoms with Crippen molar-refractivity contribution in [3.63, 3.8) is 0 Å². The van der Waals surface area contributed by atoms with Crippen molar-refractivity contribution in [3.8, 4) is 0 Å². The maximum absolute atomic E-state index is 13.7. The van der Waals surface area contributed by atoms with E-state index in [0.717, 1.165) is 18.4 Å². The van der Waals surface area contributed by atoms with E-state index in [1.54, 1.807) is 6.92 Å². The van der Waals surface area contributed by atoms with Crippen LogP contribution in [0.2, 0.25) is 10.0 Å². The van der Waals surface area contributed by atoms with Crippen molar-refractivity contribution >= 4 is 29.1 Å². The number of nitrogens with one attached hydrogen (secondary N) is 1. The Hall–Kier alpha value is -1.58. The van der Waals surface area contributed by atoms with Gasteiger partial charge in [-0.05, 0) is 43.0 Å². The van der Waals surface area contributed by atoms with E-state index in [-0.39, 0.29) is 10.9 Å². The van der Waals surface area contributed by atoms with Gasteiger partial charge in [0.1, 0.15) is 5.82 Å². The Bertz CT molecular complexity index is 744. The van der Waals surface area contributed by atoms with E-state index < -0.39 is 17.3 Å². The lowest BCUT2D eigenvalue weighted by atomic mass is 9.94. The minimum Gasteiger partial charge on any atom is -0.349 e. The predicted octanol–water partition coefficient (Wildman–Crippen LogP) is 5.04. The Morgan fingerprint density at radius 1 is 1.17 bits per heavy atom. The van der Waals surface area contributed by atoms with Crippen LogP contribution in [0.15, 0.2) is 42.5 Å². The van der Waals surface area contributed by atoms with Gasteiger partial charge in [-0.25, -0.2) is 4.39 Å². The number of benzene rings is 2. The van der Waals surface area contributed by atoms with Crippen LogP contribution in [0, 0.1) is 5.82 Å². The first-order valence-corrected chi connectivity index (χ1v) is 8.20. The van der Waals surface area contributed by atoms with Crippen LogP contribution < -0.4 is 5.32 Å². The fraction of sp³-hybridized carbons (Fsp3) is 0.278. The van der Waals surface area contributed by atoms with Crippen molar-refractivity contribution < 1.29 is 9.18 Å². The van der Waals surface area contributed by atoms with Gasteiger partial charge in [0, 0.05) is 5.02 Å². The SMILES string of the molecule is CC(NC(=O)C1(c2ccccc2)CC1)c1cc(F)c(Cl)cc1Cl. The molecule has 0 saturated heterocycles. The first-order chi connectivity index (χ1) is 10.9. The molecule has 2 aromatic carbocycles. The summed E-state index contributed by atoms with van der Waals surface area (Å²) >= 11 is 11.8. The van der Waals surface area contributed by atoms with Crippen LogP contribution in [-0.2, 0) is 10.2 Å². The molecule has 0 aliphatic heterocycles. The monoisotopic (exact) mass is 351 g/mol. The summed E-state index contributed by atoms with van der Waals surface area (Å²) in [5.74, 6) is -0.598. The zero-order valence-electron chi connectivity index (χ0n) is 12.6. The van der Waals surface area contributed by atoms with Gasteiger partial charge in [-0.15, -0.1) is 0 Å². The number of carbonyl (C=O) groups is 1. The molecule has 1 saturated carbocycles. The molecule has 1 N–H and O–H groups in total. The second-order valence-electron chi connectivity index (χ2n) is 5.93. The maximum Gasteiger partial charge on any atom is 0.231 e. The lowest BCUT2D eigenvalue weighted by molar-refractivity contribution is -0.124. The zero-order valence-corrected chi connectivity index (χ0v) is 14.1. The summed E-state index contributed by atoms with van der Waals surface area (Å²) < 4.78 is 13.7. The van der Waals surface area contributed by atoms with Crippen LogP contribution in [0.25, 0.3) is 0 Å². The fourth-order valence-corrected chi connectivity index (χ4v) is 3.36. The second kappa shape index (κ2) is 6.14. The van der Waals surface area contributed by atoms with Crippen LogP contribution in [-0.4, -0.2) is 5.91 Å². The van der Waals surface area contributed by atoms with Crippen LogP contribution >= 0.6 is 23.2 Å². The standard InChI is InChI=1S/C18H16Cl2FNO/c1-11(13-9-16(21)15(20)10-14(13)19)22-17(23)18(7-8-18)12-5-3-2-4-6-12/h2-6,9-11H,7-8H2,1H3,(H,22,23). The summed E-state index contributed by atoms with van der Waals surface area (Å²) in [4.78, 5) is 12.7. The molecule has 5 heteroatoms. The van der Waals surface area contributed by atoms with Gasteiger partial charge >= 0.3 is 0 Å². The van der Waals surface area contributed by atoms with E-state index in [9.17, 15) is 9.18 Å². The summed E-state index contributed by atoms with van der Waals surface area (Å²) in [6.07, 6.45) is 1.64. The third-order valence-electron chi connectivity index (χ3n) is 4.36. The molecule has 0 spiro atoms. The molecule has 120 valence electrons. The van der Waals surface area contributed by atoms with E-state index in [4.69, 9.17) is 23.2 Å². The van der Waals surface area contributed by atoms with Gasteiger partial charge in [0.05, 0.1) is 16.5 Å². The van der Waals surface area contributed by atoms with Crippen LogP contribution in [0.5, 0.6) is 0 Å². The maximum atomic E-state index is 13.7. The molecule has 3 rings (SSSR count). The molecule has 1 aliphatic carbocycles. The molecule has 2 aromatic rings. The summed E-state index contributed by atoms with van der Waals surface area (Å²) in [6, 6.07) is 11.9. The summed E-state index contributed by atoms with van der Waals surface area (Å²) in [5, 5.41) is 3.27. The van der Waals surface area contributed by atoms with Gasteiger partial charge in [0.25, 0.3) is 0 Å². The molecule has 0 aromatic heterocycles. The third-order valence-corrected chi connectivity index (χ3v) is 4.98. The molecule has 1 fully saturated rings. The number of amides is 1. The van der Waals surface area contributed by atoms with Crippen LogP contribution in [0.4, 0.5) is 4.39 Å². The summed E-state index contributed by atoms with van der Waals surface area (Å²) in [7, 11) is 0. The van der Waals surface area contributed by atoms with E-state index in [0.29, 0.717) is 10.6 Å². The molecule has 0 bridgehead atoms. The van der Waals surface area contributed by atoms with Gasteiger partial charge in [0.15, 0.2) is 0 Å². The Kier molecular flexibility index (Phi) is 4.35. The normalized spacial score (nSPS) is 16.7. The number of hydrogen-bond acceptors (Lipinski definition) is 1. The number of carbonyl (C=O) groups excluding carboxylic acids is 1. The zero-order chi connectivity index (χ0) is 16.6. The second-order valence-corrected chi connectivity index (χ2v) is 6.75. The first-order valence-electron chi connectivity index (χ1n) is 7.45. The van der Waals surface area contributed by atoms with Gasteiger partial charge in [-0.1, -0.05) is 53.5 Å². The van der Waals surface area contributed by atoms with Crippen LogP contribution in [0.3, 0.4) is 0 Å². The van der Waals surface area contributed by atoms with Gasteiger partial charge < -0.3 is 5.32 Å². The molecule has 0 radical (unpaired) electrons. The van der Waals surface area contributed by atoms with E-state index in [1.165, 1.54) is 12.1 Å². The lowest BCUT2D eigenvalue weighted by Crippen LogP contribution is -2.36. The molecule has 2 nitrogen and oxygen atoms in total. The Morgan fingerprint density at radius 3 is 2.43 bits per heavy atom. The van der Waals surface area contributed by atoms with Gasteiger partial charge in [0.2, 0.25) is 5.91 Å². The van der Waals surface area contributed by atoms with Crippen molar-refractivity contribution in [2.24, 2.45) is 0 Å². The third kappa shape index (κ3) is 3.08. The minimum absolute atomic E-state index is 0.0276. The number of halogens is 3. The highest BCUT2D eigenvalue weighted by Crippen LogP contribution is 2.48. The Labute approximate surface area is 144 Å². The van der Waals surface area contributed by atoms with Crippen molar-refractivity contribution in [2.75, 3.05) is 0 Å². The summed E-state index contributed by atoms with van der Waals surface area (Å²) in [5.41, 5.74) is 1.07. The quantitative estimate of drug-likeness (QED) is 0.768.